The third-order valence-electron chi connectivity index (χ3n) is 8.61. The largest absolute Gasteiger partial charge is 0.348 e. The average molecular weight is 436 g/mol. The van der Waals surface area contributed by atoms with Crippen molar-refractivity contribution >= 4 is 5.91 Å². The molecule has 4 heterocycles. The van der Waals surface area contributed by atoms with E-state index in [4.69, 9.17) is 0 Å². The molecule has 2 aliphatic heterocycles. The molecule has 0 spiro atoms. The van der Waals surface area contributed by atoms with Crippen LogP contribution >= 0.6 is 0 Å². The Morgan fingerprint density at radius 2 is 1.75 bits per heavy atom. The molecule has 5 heteroatoms. The molecular formula is C27H37N3O2. The number of amides is 1. The molecular weight excluding hydrogens is 398 g/mol. The van der Waals surface area contributed by atoms with Gasteiger partial charge in [0.15, 0.2) is 0 Å². The molecule has 1 saturated heterocycles. The third-order valence-corrected chi connectivity index (χ3v) is 8.61. The maximum atomic E-state index is 13.7. The summed E-state index contributed by atoms with van der Waals surface area (Å²) in [6.45, 7) is 9.31. The second-order valence-corrected chi connectivity index (χ2v) is 11.6. The predicted molar refractivity (Wildman–Crippen MR) is 127 cm³/mol. The topological polar surface area (TPSA) is 47.2 Å². The number of pyridine rings is 1. The van der Waals surface area contributed by atoms with Crippen LogP contribution in [0.5, 0.6) is 0 Å². The van der Waals surface area contributed by atoms with Crippen LogP contribution in [0.1, 0.15) is 70.9 Å². The van der Waals surface area contributed by atoms with Gasteiger partial charge in [-0.3, -0.25) is 9.59 Å². The van der Waals surface area contributed by atoms with Gasteiger partial charge in [-0.2, -0.15) is 0 Å². The molecule has 0 aromatic carbocycles. The van der Waals surface area contributed by atoms with Crippen LogP contribution in [0.15, 0.2) is 47.5 Å². The zero-order chi connectivity index (χ0) is 22.5. The van der Waals surface area contributed by atoms with Crippen molar-refractivity contribution < 1.29 is 4.79 Å². The summed E-state index contributed by atoms with van der Waals surface area (Å²) in [6, 6.07) is 9.77. The number of aromatic nitrogens is 2. The molecule has 2 aromatic heterocycles. The van der Waals surface area contributed by atoms with Crippen LogP contribution in [0.4, 0.5) is 0 Å². The minimum atomic E-state index is -0.107. The number of rotatable bonds is 3. The van der Waals surface area contributed by atoms with Crippen LogP contribution in [0.2, 0.25) is 0 Å². The van der Waals surface area contributed by atoms with Crippen molar-refractivity contribution in [3.8, 4) is 0 Å². The van der Waals surface area contributed by atoms with Gasteiger partial charge in [-0.15, -0.1) is 0 Å². The van der Waals surface area contributed by atoms with E-state index in [0.717, 1.165) is 44.6 Å². The van der Waals surface area contributed by atoms with Gasteiger partial charge in [-0.1, -0.05) is 26.8 Å². The molecule has 1 amide bonds. The van der Waals surface area contributed by atoms with E-state index in [1.807, 2.05) is 10.6 Å². The van der Waals surface area contributed by atoms with Crippen LogP contribution in [0.3, 0.4) is 0 Å². The number of carbonyl (C=O) groups is 1. The number of likely N-dealkylation sites (tertiary alicyclic amines) is 1. The van der Waals surface area contributed by atoms with Crippen molar-refractivity contribution in [2.75, 3.05) is 13.1 Å². The van der Waals surface area contributed by atoms with Crippen LogP contribution in [0.25, 0.3) is 0 Å². The molecule has 1 aliphatic carbocycles. The van der Waals surface area contributed by atoms with Crippen molar-refractivity contribution in [2.45, 2.75) is 77.3 Å². The Bertz CT molecular complexity index is 1020. The zero-order valence-electron chi connectivity index (χ0n) is 19.8. The van der Waals surface area contributed by atoms with Crippen LogP contribution in [-0.4, -0.2) is 33.0 Å². The van der Waals surface area contributed by atoms with E-state index in [0.29, 0.717) is 23.7 Å². The van der Waals surface area contributed by atoms with Crippen molar-refractivity contribution in [3.05, 3.63) is 58.8 Å². The fourth-order valence-corrected chi connectivity index (χ4v) is 6.69. The molecule has 0 unspecified atom stereocenters. The number of nitrogens with zero attached hydrogens (tertiary/aromatic N) is 3. The van der Waals surface area contributed by atoms with Crippen molar-refractivity contribution in [1.82, 2.24) is 14.0 Å². The second-order valence-electron chi connectivity index (χ2n) is 11.6. The summed E-state index contributed by atoms with van der Waals surface area (Å²) in [5, 5.41) is 0. The van der Waals surface area contributed by atoms with E-state index in [1.54, 1.807) is 6.07 Å². The second kappa shape index (κ2) is 7.93. The van der Waals surface area contributed by atoms with Crippen LogP contribution < -0.4 is 5.56 Å². The Morgan fingerprint density at radius 1 is 1.03 bits per heavy atom. The molecule has 2 aromatic rings. The number of hydrogen-bond acceptors (Lipinski definition) is 2. The number of carbonyl (C=O) groups excluding carboxylic acids is 1. The zero-order valence-corrected chi connectivity index (χ0v) is 19.8. The predicted octanol–water partition coefficient (Wildman–Crippen LogP) is 4.62. The number of piperidine rings is 1. The summed E-state index contributed by atoms with van der Waals surface area (Å²) < 4.78 is 4.26. The highest BCUT2D eigenvalue weighted by Crippen LogP contribution is 2.46. The first-order chi connectivity index (χ1) is 15.2. The molecule has 172 valence electrons. The van der Waals surface area contributed by atoms with Gasteiger partial charge in [-0.05, 0) is 67.6 Å². The maximum Gasteiger partial charge on any atom is 0.250 e. The van der Waals surface area contributed by atoms with Gasteiger partial charge in [0.2, 0.25) is 5.91 Å². The van der Waals surface area contributed by atoms with E-state index in [2.05, 4.69) is 60.8 Å². The summed E-state index contributed by atoms with van der Waals surface area (Å²) in [6.07, 6.45) is 10.5. The molecule has 3 aliphatic rings. The van der Waals surface area contributed by atoms with E-state index in [-0.39, 0.29) is 22.9 Å². The van der Waals surface area contributed by atoms with E-state index < -0.39 is 0 Å². The molecule has 2 atom stereocenters. The van der Waals surface area contributed by atoms with Crippen molar-refractivity contribution in [1.29, 1.82) is 0 Å². The van der Waals surface area contributed by atoms with E-state index in [9.17, 15) is 9.59 Å². The van der Waals surface area contributed by atoms with Gasteiger partial charge in [0, 0.05) is 49.7 Å². The average Bonchev–Trinajstić information content (AvgIpc) is 3.30. The Balaban J connectivity index is 1.35. The first kappa shape index (κ1) is 21.5. The van der Waals surface area contributed by atoms with Gasteiger partial charge in [-0.25, -0.2) is 0 Å². The van der Waals surface area contributed by atoms with Gasteiger partial charge in [0.1, 0.15) is 0 Å². The minimum Gasteiger partial charge on any atom is -0.348 e. The van der Waals surface area contributed by atoms with Crippen molar-refractivity contribution in [3.63, 3.8) is 0 Å². The molecule has 5 nitrogen and oxygen atoms in total. The Morgan fingerprint density at radius 3 is 2.44 bits per heavy atom. The first-order valence-corrected chi connectivity index (χ1v) is 12.4. The summed E-state index contributed by atoms with van der Waals surface area (Å²) >= 11 is 0. The number of fused-ring (bicyclic) bond motifs is 4. The lowest BCUT2D eigenvalue weighted by atomic mass is 9.66. The molecule has 32 heavy (non-hydrogen) atoms. The van der Waals surface area contributed by atoms with Gasteiger partial charge < -0.3 is 14.0 Å². The summed E-state index contributed by atoms with van der Waals surface area (Å²) in [5.41, 5.74) is 1.42. The van der Waals surface area contributed by atoms with Gasteiger partial charge in [0.05, 0.1) is 12.0 Å². The monoisotopic (exact) mass is 435 g/mol. The highest BCUT2D eigenvalue weighted by Gasteiger charge is 2.43. The molecule has 1 saturated carbocycles. The maximum absolute atomic E-state index is 13.7. The quantitative estimate of drug-likeness (QED) is 0.706. The number of hydrogen-bond donors (Lipinski definition) is 0. The van der Waals surface area contributed by atoms with Gasteiger partial charge >= 0.3 is 0 Å². The highest BCUT2D eigenvalue weighted by molar-refractivity contribution is 5.77. The van der Waals surface area contributed by atoms with E-state index in [1.165, 1.54) is 12.8 Å². The fraction of sp³-hybridized carbons (Fsp3) is 0.630. The SMILES string of the molecule is CC(C)(C)C1CCC(CC(=O)N2C[C@@H]3C[C@H](C2)c2cccc(=O)n2C3)(n2cccc2)CC1. The fourth-order valence-electron chi connectivity index (χ4n) is 6.69. The highest BCUT2D eigenvalue weighted by atomic mass is 16.2. The standard InChI is InChI=1S/C27H37N3O2/c1-26(2,3)22-9-11-27(12-10-22,29-13-4-5-14-29)16-25(32)28-17-20-15-21(19-28)23-7-6-8-24(31)30(23)18-20/h4-8,13-14,20-22H,9-12,15-19H2,1-3H3/t20-,21+,22?,27?/m0/s1. The third kappa shape index (κ3) is 3.84. The molecule has 5 rings (SSSR count). The smallest absolute Gasteiger partial charge is 0.250 e. The minimum absolute atomic E-state index is 0.0964. The normalized spacial score (nSPS) is 30.1. The Labute approximate surface area is 191 Å². The molecule has 0 radical (unpaired) electrons. The summed E-state index contributed by atoms with van der Waals surface area (Å²) in [7, 11) is 0. The van der Waals surface area contributed by atoms with Crippen molar-refractivity contribution in [2.24, 2.45) is 17.3 Å². The summed E-state index contributed by atoms with van der Waals surface area (Å²) in [4.78, 5) is 28.1. The molecule has 2 fully saturated rings. The lowest BCUT2D eigenvalue weighted by Gasteiger charge is -2.47. The van der Waals surface area contributed by atoms with E-state index >= 15 is 0 Å². The lowest BCUT2D eigenvalue weighted by Crippen LogP contribution is -2.51. The molecule has 0 N–H and O–H groups in total. The van der Waals surface area contributed by atoms with Crippen LogP contribution in [-0.2, 0) is 16.9 Å². The Hall–Kier alpha value is -2.30. The van der Waals surface area contributed by atoms with Crippen LogP contribution in [0, 0.1) is 17.3 Å². The summed E-state index contributed by atoms with van der Waals surface area (Å²) in [5.74, 6) is 1.66. The lowest BCUT2D eigenvalue weighted by molar-refractivity contribution is -0.137. The Kier molecular flexibility index (Phi) is 5.34. The first-order valence-electron chi connectivity index (χ1n) is 12.4. The molecule has 2 bridgehead atoms. The van der Waals surface area contributed by atoms with Gasteiger partial charge in [0.25, 0.3) is 5.56 Å².